The summed E-state index contributed by atoms with van der Waals surface area (Å²) in [6.45, 7) is 0. The Kier molecular flexibility index (Phi) is 4.05. The standard InChI is InChI=1S/C14H12F2N2O2/c15-11-6-10(14(18(19)20)12(16)8-11)7-13(17)9-4-2-1-3-5-9/h1-6,8,13H,7,17H2. The molecule has 0 bridgehead atoms. The average molecular weight is 278 g/mol. The second-order valence-electron chi connectivity index (χ2n) is 4.37. The van der Waals surface area contributed by atoms with Gasteiger partial charge >= 0.3 is 5.69 Å². The monoisotopic (exact) mass is 278 g/mol. The molecule has 2 aromatic carbocycles. The summed E-state index contributed by atoms with van der Waals surface area (Å²) in [7, 11) is 0. The highest BCUT2D eigenvalue weighted by Crippen LogP contribution is 2.27. The molecule has 0 aliphatic heterocycles. The summed E-state index contributed by atoms with van der Waals surface area (Å²) in [4.78, 5) is 10.0. The SMILES string of the molecule is NC(Cc1cc(F)cc(F)c1[N+](=O)[O-])c1ccccc1. The molecular formula is C14H12F2N2O2. The second-order valence-corrected chi connectivity index (χ2v) is 4.37. The zero-order chi connectivity index (χ0) is 14.7. The van der Waals surface area contributed by atoms with Gasteiger partial charge in [0, 0.05) is 17.7 Å². The van der Waals surface area contributed by atoms with Gasteiger partial charge in [-0.2, -0.15) is 4.39 Å². The van der Waals surface area contributed by atoms with Gasteiger partial charge in [-0.25, -0.2) is 4.39 Å². The van der Waals surface area contributed by atoms with Crippen molar-refractivity contribution >= 4 is 5.69 Å². The quantitative estimate of drug-likeness (QED) is 0.690. The molecule has 0 saturated heterocycles. The molecule has 0 spiro atoms. The predicted molar refractivity (Wildman–Crippen MR) is 70.1 cm³/mol. The molecule has 6 heteroatoms. The first-order chi connectivity index (χ1) is 9.49. The largest absolute Gasteiger partial charge is 0.324 e. The molecule has 2 N–H and O–H groups in total. The summed E-state index contributed by atoms with van der Waals surface area (Å²) >= 11 is 0. The Labute approximate surface area is 114 Å². The summed E-state index contributed by atoms with van der Waals surface area (Å²) in [6.07, 6.45) is -0.0188. The first-order valence-electron chi connectivity index (χ1n) is 5.92. The van der Waals surface area contributed by atoms with Gasteiger partial charge < -0.3 is 5.73 Å². The highest BCUT2D eigenvalue weighted by Gasteiger charge is 2.23. The molecule has 2 aromatic rings. The van der Waals surface area contributed by atoms with Crippen LogP contribution < -0.4 is 5.73 Å². The Morgan fingerprint density at radius 3 is 2.45 bits per heavy atom. The minimum absolute atomic E-state index is 0.0188. The van der Waals surface area contributed by atoms with Crippen LogP contribution in [0.25, 0.3) is 0 Å². The Bertz CT molecular complexity index is 633. The highest BCUT2D eigenvalue weighted by molar-refractivity contribution is 5.43. The predicted octanol–water partition coefficient (Wildman–Crippen LogP) is 3.12. The van der Waals surface area contributed by atoms with Gasteiger partial charge in [0.1, 0.15) is 5.82 Å². The zero-order valence-electron chi connectivity index (χ0n) is 10.4. The van der Waals surface area contributed by atoms with E-state index in [9.17, 15) is 18.9 Å². The topological polar surface area (TPSA) is 69.2 Å². The van der Waals surface area contributed by atoms with Crippen LogP contribution >= 0.6 is 0 Å². The Hall–Kier alpha value is -2.34. The Morgan fingerprint density at radius 2 is 1.85 bits per heavy atom. The third kappa shape index (κ3) is 2.97. The summed E-state index contributed by atoms with van der Waals surface area (Å²) < 4.78 is 26.7. The number of benzene rings is 2. The van der Waals surface area contributed by atoms with E-state index in [1.807, 2.05) is 0 Å². The van der Waals surface area contributed by atoms with Gasteiger partial charge in [-0.1, -0.05) is 30.3 Å². The Morgan fingerprint density at radius 1 is 1.20 bits per heavy atom. The normalized spacial score (nSPS) is 12.2. The molecule has 4 nitrogen and oxygen atoms in total. The first kappa shape index (κ1) is 14.1. The molecule has 0 aliphatic rings. The number of nitro benzene ring substituents is 1. The second kappa shape index (κ2) is 5.75. The highest BCUT2D eigenvalue weighted by atomic mass is 19.1. The van der Waals surface area contributed by atoms with Crippen molar-refractivity contribution in [2.75, 3.05) is 0 Å². The van der Waals surface area contributed by atoms with E-state index < -0.39 is 28.3 Å². The van der Waals surface area contributed by atoms with Gasteiger partial charge in [0.25, 0.3) is 0 Å². The number of nitro groups is 1. The minimum Gasteiger partial charge on any atom is -0.324 e. The zero-order valence-corrected chi connectivity index (χ0v) is 10.4. The van der Waals surface area contributed by atoms with E-state index in [1.54, 1.807) is 30.3 Å². The number of hydrogen-bond donors (Lipinski definition) is 1. The molecule has 0 fully saturated rings. The van der Waals surface area contributed by atoms with E-state index in [2.05, 4.69) is 0 Å². The van der Waals surface area contributed by atoms with Crippen molar-refractivity contribution in [3.05, 3.63) is 75.3 Å². The van der Waals surface area contributed by atoms with Crippen molar-refractivity contribution in [1.82, 2.24) is 0 Å². The van der Waals surface area contributed by atoms with Crippen molar-refractivity contribution < 1.29 is 13.7 Å². The van der Waals surface area contributed by atoms with Crippen molar-refractivity contribution in [2.24, 2.45) is 5.73 Å². The van der Waals surface area contributed by atoms with Crippen LogP contribution in [0.4, 0.5) is 14.5 Å². The molecule has 0 saturated carbocycles. The Balaban J connectivity index is 2.36. The lowest BCUT2D eigenvalue weighted by Crippen LogP contribution is -2.14. The van der Waals surface area contributed by atoms with Crippen LogP contribution in [0.2, 0.25) is 0 Å². The van der Waals surface area contributed by atoms with Crippen LogP contribution in [0.3, 0.4) is 0 Å². The number of nitrogens with zero attached hydrogens (tertiary/aromatic N) is 1. The molecule has 1 unspecified atom stereocenters. The summed E-state index contributed by atoms with van der Waals surface area (Å²) in [5.41, 5.74) is 5.89. The van der Waals surface area contributed by atoms with E-state index in [0.29, 0.717) is 6.07 Å². The fourth-order valence-corrected chi connectivity index (χ4v) is 2.03. The molecule has 0 heterocycles. The third-order valence-corrected chi connectivity index (χ3v) is 2.96. The maximum absolute atomic E-state index is 13.5. The third-order valence-electron chi connectivity index (χ3n) is 2.96. The van der Waals surface area contributed by atoms with Gasteiger partial charge in [0.2, 0.25) is 5.82 Å². The van der Waals surface area contributed by atoms with E-state index in [4.69, 9.17) is 5.73 Å². The van der Waals surface area contributed by atoms with Gasteiger partial charge in [0.05, 0.1) is 4.92 Å². The van der Waals surface area contributed by atoms with Crippen molar-refractivity contribution in [2.45, 2.75) is 12.5 Å². The number of halogens is 2. The van der Waals surface area contributed by atoms with Crippen LogP contribution in [-0.2, 0) is 6.42 Å². The van der Waals surface area contributed by atoms with Crippen molar-refractivity contribution in [3.8, 4) is 0 Å². The smallest absolute Gasteiger partial charge is 0.308 e. The summed E-state index contributed by atoms with van der Waals surface area (Å²) in [5, 5.41) is 10.9. The molecule has 0 aromatic heterocycles. The maximum Gasteiger partial charge on any atom is 0.308 e. The first-order valence-corrected chi connectivity index (χ1v) is 5.92. The molecule has 20 heavy (non-hydrogen) atoms. The lowest BCUT2D eigenvalue weighted by atomic mass is 9.98. The van der Waals surface area contributed by atoms with Crippen LogP contribution in [0, 0.1) is 21.7 Å². The number of hydrogen-bond acceptors (Lipinski definition) is 3. The van der Waals surface area contributed by atoms with Crippen molar-refractivity contribution in [3.63, 3.8) is 0 Å². The average Bonchev–Trinajstić information content (AvgIpc) is 2.38. The molecule has 2 rings (SSSR count). The summed E-state index contributed by atoms with van der Waals surface area (Å²) in [5.74, 6) is -2.05. The number of nitrogens with two attached hydrogens (primary N) is 1. The van der Waals surface area contributed by atoms with Gasteiger partial charge in [-0.3, -0.25) is 10.1 Å². The van der Waals surface area contributed by atoms with E-state index in [0.717, 1.165) is 11.6 Å². The molecular weight excluding hydrogens is 266 g/mol. The molecule has 0 aliphatic carbocycles. The van der Waals surface area contributed by atoms with Gasteiger partial charge in [-0.15, -0.1) is 0 Å². The van der Waals surface area contributed by atoms with Crippen LogP contribution in [0.15, 0.2) is 42.5 Å². The van der Waals surface area contributed by atoms with Crippen molar-refractivity contribution in [1.29, 1.82) is 0 Å². The summed E-state index contributed by atoms with van der Waals surface area (Å²) in [6, 6.07) is 9.74. The van der Waals surface area contributed by atoms with E-state index in [-0.39, 0.29) is 12.0 Å². The molecule has 104 valence electrons. The maximum atomic E-state index is 13.5. The lowest BCUT2D eigenvalue weighted by Gasteiger charge is -2.12. The van der Waals surface area contributed by atoms with E-state index in [1.165, 1.54) is 0 Å². The minimum atomic E-state index is -1.19. The van der Waals surface area contributed by atoms with Gasteiger partial charge in [0.15, 0.2) is 0 Å². The van der Waals surface area contributed by atoms with Crippen LogP contribution in [-0.4, -0.2) is 4.92 Å². The van der Waals surface area contributed by atoms with Crippen LogP contribution in [0.1, 0.15) is 17.2 Å². The fraction of sp³-hybridized carbons (Fsp3) is 0.143. The lowest BCUT2D eigenvalue weighted by molar-refractivity contribution is -0.388. The van der Waals surface area contributed by atoms with Gasteiger partial charge in [-0.05, 0) is 18.1 Å². The molecule has 0 amide bonds. The fourth-order valence-electron chi connectivity index (χ4n) is 2.03. The molecule has 1 atom stereocenters. The molecule has 0 radical (unpaired) electrons. The van der Waals surface area contributed by atoms with Crippen LogP contribution in [0.5, 0.6) is 0 Å². The van der Waals surface area contributed by atoms with E-state index >= 15 is 0 Å². The number of rotatable bonds is 4.